The van der Waals surface area contributed by atoms with E-state index in [4.69, 9.17) is 5.11 Å². The minimum absolute atomic E-state index is 0.0449. The van der Waals surface area contributed by atoms with Crippen molar-refractivity contribution < 1.29 is 9.90 Å². The molecule has 1 amide bonds. The number of aliphatic hydroxyl groups excluding tert-OH is 1. The largest absolute Gasteiger partial charge is 0.393 e. The van der Waals surface area contributed by atoms with Gasteiger partial charge >= 0.3 is 0 Å². The predicted molar refractivity (Wildman–Crippen MR) is 56.1 cm³/mol. The van der Waals surface area contributed by atoms with Crippen LogP contribution < -0.4 is 5.32 Å². The van der Waals surface area contributed by atoms with E-state index in [0.29, 0.717) is 19.4 Å². The monoisotopic (exact) mass is 211 g/mol. The molecule has 0 fully saturated rings. The van der Waals surface area contributed by atoms with Crippen LogP contribution in [-0.2, 0) is 11.3 Å². The zero-order chi connectivity index (χ0) is 11.3. The van der Waals surface area contributed by atoms with Gasteiger partial charge in [0.15, 0.2) is 0 Å². The van der Waals surface area contributed by atoms with Crippen LogP contribution in [0.2, 0.25) is 0 Å². The summed E-state index contributed by atoms with van der Waals surface area (Å²) in [5, 5.41) is 18.4. The maximum absolute atomic E-state index is 11.3. The van der Waals surface area contributed by atoms with Crippen LogP contribution in [0.1, 0.15) is 31.0 Å². The normalized spacial score (nSPS) is 12.5. The highest BCUT2D eigenvalue weighted by Crippen LogP contribution is 2.02. The Bertz CT molecular complexity index is 320. The van der Waals surface area contributed by atoms with Crippen molar-refractivity contribution in [3.8, 4) is 0 Å². The van der Waals surface area contributed by atoms with Gasteiger partial charge in [0.05, 0.1) is 12.3 Å². The summed E-state index contributed by atoms with van der Waals surface area (Å²) >= 11 is 0. The van der Waals surface area contributed by atoms with Gasteiger partial charge in [-0.15, -0.1) is 0 Å². The van der Waals surface area contributed by atoms with E-state index in [1.807, 2.05) is 6.92 Å². The van der Waals surface area contributed by atoms with E-state index in [2.05, 4.69) is 15.5 Å². The molecule has 0 saturated heterocycles. The van der Waals surface area contributed by atoms with Gasteiger partial charge in [-0.05, 0) is 20.3 Å². The number of nitrogens with one attached hydrogen (secondary N) is 2. The van der Waals surface area contributed by atoms with Crippen LogP contribution in [0.5, 0.6) is 0 Å². The Kier molecular flexibility index (Phi) is 4.30. The number of hydrogen-bond donors (Lipinski definition) is 3. The number of nitrogens with zero attached hydrogens (tertiary/aromatic N) is 1. The summed E-state index contributed by atoms with van der Waals surface area (Å²) in [6.07, 6.45) is 2.13. The van der Waals surface area contributed by atoms with E-state index in [0.717, 1.165) is 11.3 Å². The highest BCUT2D eigenvalue weighted by Gasteiger charge is 2.05. The Morgan fingerprint density at radius 2 is 2.47 bits per heavy atom. The molecule has 1 heterocycles. The average molecular weight is 211 g/mol. The molecular weight excluding hydrogens is 194 g/mol. The predicted octanol–water partition coefficient (Wildman–Crippen LogP) is 0.495. The lowest BCUT2D eigenvalue weighted by Gasteiger charge is -2.05. The van der Waals surface area contributed by atoms with Crippen molar-refractivity contribution in [3.05, 3.63) is 17.5 Å². The van der Waals surface area contributed by atoms with Gasteiger partial charge in [-0.25, -0.2) is 0 Å². The van der Waals surface area contributed by atoms with Gasteiger partial charge in [0.25, 0.3) is 0 Å². The smallest absolute Gasteiger partial charge is 0.220 e. The SMILES string of the molecule is Cc1[nH]ncc1CNC(=O)CCC(C)O. The van der Waals surface area contributed by atoms with Crippen LogP contribution in [0.4, 0.5) is 0 Å². The first-order valence-corrected chi connectivity index (χ1v) is 5.03. The number of aromatic amines is 1. The maximum atomic E-state index is 11.3. The number of aryl methyl sites for hydroxylation is 1. The number of hydrogen-bond acceptors (Lipinski definition) is 3. The highest BCUT2D eigenvalue weighted by molar-refractivity contribution is 5.75. The molecule has 0 aliphatic heterocycles. The summed E-state index contributed by atoms with van der Waals surface area (Å²) in [5.41, 5.74) is 1.95. The summed E-state index contributed by atoms with van der Waals surface area (Å²) in [5.74, 6) is -0.0449. The van der Waals surface area contributed by atoms with E-state index >= 15 is 0 Å². The molecule has 84 valence electrons. The number of rotatable bonds is 5. The van der Waals surface area contributed by atoms with Crippen molar-refractivity contribution >= 4 is 5.91 Å². The van der Waals surface area contributed by atoms with Crippen molar-refractivity contribution in [2.45, 2.75) is 39.3 Å². The number of carbonyl (C=O) groups is 1. The topological polar surface area (TPSA) is 78.0 Å². The minimum Gasteiger partial charge on any atom is -0.393 e. The fourth-order valence-electron chi connectivity index (χ4n) is 1.18. The van der Waals surface area contributed by atoms with Crippen LogP contribution in [0, 0.1) is 6.92 Å². The number of carbonyl (C=O) groups excluding carboxylic acids is 1. The fourth-order valence-corrected chi connectivity index (χ4v) is 1.18. The molecule has 3 N–H and O–H groups in total. The standard InChI is InChI=1S/C10H17N3O2/c1-7(14)3-4-10(15)11-5-9-6-12-13-8(9)2/h6-7,14H,3-5H2,1-2H3,(H,11,15)(H,12,13). The molecule has 0 bridgehead atoms. The van der Waals surface area contributed by atoms with Gasteiger partial charge in [-0.3, -0.25) is 9.89 Å². The Morgan fingerprint density at radius 3 is 3.00 bits per heavy atom. The Labute approximate surface area is 88.9 Å². The lowest BCUT2D eigenvalue weighted by Crippen LogP contribution is -2.23. The van der Waals surface area contributed by atoms with Crippen LogP contribution >= 0.6 is 0 Å². The van der Waals surface area contributed by atoms with Crippen LogP contribution in [0.15, 0.2) is 6.20 Å². The molecule has 0 spiro atoms. The molecule has 0 saturated carbocycles. The second-order valence-electron chi connectivity index (χ2n) is 3.68. The lowest BCUT2D eigenvalue weighted by molar-refractivity contribution is -0.121. The third-order valence-corrected chi connectivity index (χ3v) is 2.20. The van der Waals surface area contributed by atoms with Gasteiger partial charge in [0, 0.05) is 24.2 Å². The van der Waals surface area contributed by atoms with Crippen molar-refractivity contribution in [3.63, 3.8) is 0 Å². The van der Waals surface area contributed by atoms with Gasteiger partial charge < -0.3 is 10.4 Å². The summed E-state index contributed by atoms with van der Waals surface area (Å²) in [4.78, 5) is 11.3. The van der Waals surface area contributed by atoms with Gasteiger partial charge in [-0.2, -0.15) is 5.10 Å². The maximum Gasteiger partial charge on any atom is 0.220 e. The third kappa shape index (κ3) is 4.12. The molecule has 1 aromatic rings. The summed E-state index contributed by atoms with van der Waals surface area (Å²) < 4.78 is 0. The van der Waals surface area contributed by atoms with Gasteiger partial charge in [0.2, 0.25) is 5.91 Å². The Balaban J connectivity index is 2.26. The third-order valence-electron chi connectivity index (χ3n) is 2.20. The molecule has 1 aromatic heterocycles. The molecule has 5 heteroatoms. The summed E-state index contributed by atoms with van der Waals surface area (Å²) in [6.45, 7) is 4.07. The Hall–Kier alpha value is -1.36. The first-order chi connectivity index (χ1) is 7.09. The summed E-state index contributed by atoms with van der Waals surface area (Å²) in [7, 11) is 0. The molecule has 0 radical (unpaired) electrons. The second kappa shape index (κ2) is 5.50. The molecule has 0 aliphatic carbocycles. The van der Waals surface area contributed by atoms with E-state index in [9.17, 15) is 4.79 Å². The zero-order valence-corrected chi connectivity index (χ0v) is 9.08. The van der Waals surface area contributed by atoms with E-state index in [1.54, 1.807) is 13.1 Å². The quantitative estimate of drug-likeness (QED) is 0.663. The van der Waals surface area contributed by atoms with Gasteiger partial charge in [0.1, 0.15) is 0 Å². The zero-order valence-electron chi connectivity index (χ0n) is 9.08. The second-order valence-corrected chi connectivity index (χ2v) is 3.68. The number of aromatic nitrogens is 2. The molecule has 1 atom stereocenters. The number of aliphatic hydroxyl groups is 1. The first kappa shape index (κ1) is 11.7. The van der Waals surface area contributed by atoms with Crippen LogP contribution in [0.3, 0.4) is 0 Å². The molecular formula is C10H17N3O2. The van der Waals surface area contributed by atoms with Crippen molar-refractivity contribution in [2.75, 3.05) is 0 Å². The van der Waals surface area contributed by atoms with Crippen LogP contribution in [0.25, 0.3) is 0 Å². The number of amides is 1. The summed E-state index contributed by atoms with van der Waals surface area (Å²) in [6, 6.07) is 0. The fraction of sp³-hybridized carbons (Fsp3) is 0.600. The van der Waals surface area contributed by atoms with Crippen molar-refractivity contribution in [1.82, 2.24) is 15.5 Å². The molecule has 1 rings (SSSR count). The number of H-pyrrole nitrogens is 1. The highest BCUT2D eigenvalue weighted by atomic mass is 16.3. The van der Waals surface area contributed by atoms with Gasteiger partial charge in [-0.1, -0.05) is 0 Å². The van der Waals surface area contributed by atoms with Crippen molar-refractivity contribution in [1.29, 1.82) is 0 Å². The molecule has 1 unspecified atom stereocenters. The molecule has 0 aliphatic rings. The van der Waals surface area contributed by atoms with Crippen molar-refractivity contribution in [2.24, 2.45) is 0 Å². The van der Waals surface area contributed by atoms with E-state index in [-0.39, 0.29) is 5.91 Å². The van der Waals surface area contributed by atoms with Crippen LogP contribution in [-0.4, -0.2) is 27.3 Å². The molecule has 0 aromatic carbocycles. The minimum atomic E-state index is -0.425. The average Bonchev–Trinajstić information content (AvgIpc) is 2.58. The molecule has 15 heavy (non-hydrogen) atoms. The van der Waals surface area contributed by atoms with E-state index in [1.165, 1.54) is 0 Å². The molecule has 5 nitrogen and oxygen atoms in total. The Morgan fingerprint density at radius 1 is 1.73 bits per heavy atom. The lowest BCUT2D eigenvalue weighted by atomic mass is 10.2. The van der Waals surface area contributed by atoms with E-state index < -0.39 is 6.10 Å². The first-order valence-electron chi connectivity index (χ1n) is 5.03.